The van der Waals surface area contributed by atoms with Crippen LogP contribution in [0.5, 0.6) is 5.75 Å². The molecular weight excluding hydrogens is 438 g/mol. The quantitative estimate of drug-likeness (QED) is 0.309. The van der Waals surface area contributed by atoms with Gasteiger partial charge in [-0.05, 0) is 121 Å². The maximum absolute atomic E-state index is 13.8. The van der Waals surface area contributed by atoms with E-state index in [-0.39, 0.29) is 0 Å². The Morgan fingerprint density at radius 3 is 1.89 bits per heavy atom. The van der Waals surface area contributed by atoms with Gasteiger partial charge < -0.3 is 4.74 Å². The standard InChI is InChI=1S/C32H38F2O/c1-20-8-10-25(11-9-20)7-6-14-35-28-17-23(4)32(24(5)18-28)27-15-21(2)31(22(3)16-27)26-12-13-29(33)30(34)19-26/h12-13,15-20,25H,6-11,14H2,1-5H3. The number of ether oxygens (including phenoxy) is 1. The lowest BCUT2D eigenvalue weighted by Gasteiger charge is -2.26. The van der Waals surface area contributed by atoms with E-state index >= 15 is 0 Å². The van der Waals surface area contributed by atoms with Gasteiger partial charge in [-0.1, -0.05) is 50.8 Å². The molecule has 35 heavy (non-hydrogen) atoms. The number of hydrogen-bond acceptors (Lipinski definition) is 1. The van der Waals surface area contributed by atoms with Crippen molar-refractivity contribution >= 4 is 0 Å². The Balaban J connectivity index is 1.47. The van der Waals surface area contributed by atoms with Crippen LogP contribution >= 0.6 is 0 Å². The van der Waals surface area contributed by atoms with E-state index in [1.54, 1.807) is 6.07 Å². The van der Waals surface area contributed by atoms with Crippen LogP contribution in [0.4, 0.5) is 8.78 Å². The highest BCUT2D eigenvalue weighted by Gasteiger charge is 2.18. The Labute approximate surface area is 209 Å². The van der Waals surface area contributed by atoms with Gasteiger partial charge in [0.1, 0.15) is 5.75 Å². The maximum Gasteiger partial charge on any atom is 0.159 e. The van der Waals surface area contributed by atoms with Crippen LogP contribution in [0.15, 0.2) is 42.5 Å². The molecular formula is C32H38F2O. The molecule has 1 aliphatic carbocycles. The van der Waals surface area contributed by atoms with Crippen LogP contribution in [-0.2, 0) is 0 Å². The van der Waals surface area contributed by atoms with E-state index in [1.165, 1.54) is 60.9 Å². The fourth-order valence-electron chi connectivity index (χ4n) is 5.86. The Kier molecular flexibility index (Phi) is 7.94. The van der Waals surface area contributed by atoms with Gasteiger partial charge >= 0.3 is 0 Å². The summed E-state index contributed by atoms with van der Waals surface area (Å²) < 4.78 is 33.4. The van der Waals surface area contributed by atoms with Crippen LogP contribution < -0.4 is 4.74 Å². The second-order valence-corrected chi connectivity index (χ2v) is 10.7. The molecule has 0 bridgehead atoms. The van der Waals surface area contributed by atoms with E-state index in [2.05, 4.69) is 45.0 Å². The summed E-state index contributed by atoms with van der Waals surface area (Å²) in [5.74, 6) is 1.08. The SMILES string of the molecule is Cc1cc(OCCCC2CCC(C)CC2)cc(C)c1-c1cc(C)c(-c2ccc(F)c(F)c2)c(C)c1. The summed E-state index contributed by atoms with van der Waals surface area (Å²) in [6.07, 6.45) is 7.90. The summed E-state index contributed by atoms with van der Waals surface area (Å²) >= 11 is 0. The topological polar surface area (TPSA) is 9.23 Å². The first-order chi connectivity index (χ1) is 16.7. The molecule has 186 valence electrons. The molecule has 0 N–H and O–H groups in total. The Morgan fingerprint density at radius 1 is 0.714 bits per heavy atom. The lowest BCUT2D eigenvalue weighted by molar-refractivity contribution is 0.245. The number of rotatable bonds is 7. The molecule has 0 aliphatic heterocycles. The molecule has 3 aromatic rings. The summed E-state index contributed by atoms with van der Waals surface area (Å²) in [5.41, 5.74) is 8.45. The third-order valence-electron chi connectivity index (χ3n) is 7.70. The zero-order chi connectivity index (χ0) is 25.1. The highest BCUT2D eigenvalue weighted by molar-refractivity contribution is 5.79. The molecule has 1 aliphatic rings. The van der Waals surface area contributed by atoms with Gasteiger partial charge in [0.05, 0.1) is 6.61 Å². The summed E-state index contributed by atoms with van der Waals surface area (Å²) in [4.78, 5) is 0. The van der Waals surface area contributed by atoms with Gasteiger partial charge in [0.25, 0.3) is 0 Å². The summed E-state index contributed by atoms with van der Waals surface area (Å²) in [7, 11) is 0. The van der Waals surface area contributed by atoms with Crippen molar-refractivity contribution in [1.29, 1.82) is 0 Å². The van der Waals surface area contributed by atoms with E-state index < -0.39 is 11.6 Å². The Bertz CT molecular complexity index is 1140. The molecule has 0 spiro atoms. The van der Waals surface area contributed by atoms with Crippen LogP contribution in [0.25, 0.3) is 22.3 Å². The van der Waals surface area contributed by atoms with Gasteiger partial charge in [-0.15, -0.1) is 0 Å². The number of aryl methyl sites for hydroxylation is 4. The third kappa shape index (κ3) is 5.94. The lowest BCUT2D eigenvalue weighted by atomic mass is 9.81. The molecule has 0 heterocycles. The summed E-state index contributed by atoms with van der Waals surface area (Å²) in [5, 5.41) is 0. The highest BCUT2D eigenvalue weighted by atomic mass is 19.2. The van der Waals surface area contributed by atoms with Gasteiger partial charge in [0.2, 0.25) is 0 Å². The smallest absolute Gasteiger partial charge is 0.159 e. The minimum Gasteiger partial charge on any atom is -0.494 e. The second kappa shape index (κ2) is 10.9. The van der Waals surface area contributed by atoms with Crippen LogP contribution in [0, 0.1) is 51.2 Å². The minimum atomic E-state index is -0.821. The zero-order valence-electron chi connectivity index (χ0n) is 21.8. The first-order valence-electron chi connectivity index (χ1n) is 13.0. The highest BCUT2D eigenvalue weighted by Crippen LogP contribution is 2.37. The van der Waals surface area contributed by atoms with Crippen molar-refractivity contribution in [3.63, 3.8) is 0 Å². The molecule has 3 heteroatoms. The van der Waals surface area contributed by atoms with Crippen LogP contribution in [0.2, 0.25) is 0 Å². The molecule has 1 nitrogen and oxygen atoms in total. The maximum atomic E-state index is 13.8. The molecule has 0 radical (unpaired) electrons. The predicted molar refractivity (Wildman–Crippen MR) is 142 cm³/mol. The second-order valence-electron chi connectivity index (χ2n) is 10.7. The molecule has 3 aromatic carbocycles. The van der Waals surface area contributed by atoms with Crippen LogP contribution in [0.3, 0.4) is 0 Å². The summed E-state index contributed by atoms with van der Waals surface area (Å²) in [6, 6.07) is 12.7. The van der Waals surface area contributed by atoms with Crippen molar-refractivity contribution in [1.82, 2.24) is 0 Å². The first kappa shape index (κ1) is 25.4. The van der Waals surface area contributed by atoms with Crippen molar-refractivity contribution in [2.45, 2.75) is 73.1 Å². The van der Waals surface area contributed by atoms with Crippen molar-refractivity contribution in [3.8, 4) is 28.0 Å². The van der Waals surface area contributed by atoms with E-state index in [0.717, 1.165) is 52.9 Å². The predicted octanol–water partition coefficient (Wildman–Crippen LogP) is 9.52. The molecule has 0 atom stereocenters. The molecule has 1 saturated carbocycles. The third-order valence-corrected chi connectivity index (χ3v) is 7.70. The van der Waals surface area contributed by atoms with Gasteiger partial charge in [-0.3, -0.25) is 0 Å². The molecule has 0 amide bonds. The van der Waals surface area contributed by atoms with Gasteiger partial charge in [0.15, 0.2) is 11.6 Å². The van der Waals surface area contributed by atoms with E-state index in [4.69, 9.17) is 4.74 Å². The van der Waals surface area contributed by atoms with Gasteiger partial charge in [-0.2, -0.15) is 0 Å². The molecule has 0 saturated heterocycles. The van der Waals surface area contributed by atoms with E-state index in [1.807, 2.05) is 13.8 Å². The van der Waals surface area contributed by atoms with Crippen LogP contribution in [-0.4, -0.2) is 6.61 Å². The molecule has 0 unspecified atom stereocenters. The van der Waals surface area contributed by atoms with Crippen molar-refractivity contribution in [3.05, 3.63) is 76.4 Å². The van der Waals surface area contributed by atoms with Crippen LogP contribution in [0.1, 0.15) is 67.7 Å². The van der Waals surface area contributed by atoms with Gasteiger partial charge in [-0.25, -0.2) is 8.78 Å². The van der Waals surface area contributed by atoms with Crippen molar-refractivity contribution in [2.24, 2.45) is 11.8 Å². The molecule has 4 rings (SSSR count). The molecule has 1 fully saturated rings. The number of halogens is 2. The van der Waals surface area contributed by atoms with Gasteiger partial charge in [0, 0.05) is 0 Å². The largest absolute Gasteiger partial charge is 0.494 e. The van der Waals surface area contributed by atoms with Crippen molar-refractivity contribution in [2.75, 3.05) is 6.61 Å². The van der Waals surface area contributed by atoms with Crippen molar-refractivity contribution < 1.29 is 13.5 Å². The zero-order valence-corrected chi connectivity index (χ0v) is 21.8. The summed E-state index contributed by atoms with van der Waals surface area (Å²) in [6.45, 7) is 11.5. The monoisotopic (exact) mass is 476 g/mol. The normalized spacial score (nSPS) is 18.0. The van der Waals surface area contributed by atoms with E-state index in [9.17, 15) is 8.78 Å². The average Bonchev–Trinajstić information content (AvgIpc) is 2.79. The molecule has 0 aromatic heterocycles. The fraction of sp³-hybridized carbons (Fsp3) is 0.438. The van der Waals surface area contributed by atoms with E-state index in [0.29, 0.717) is 5.56 Å². The Morgan fingerprint density at radius 2 is 1.29 bits per heavy atom. The fourth-order valence-corrected chi connectivity index (χ4v) is 5.86. The first-order valence-corrected chi connectivity index (χ1v) is 13.0. The number of benzene rings is 3. The minimum absolute atomic E-state index is 0.699. The average molecular weight is 477 g/mol. The Hall–Kier alpha value is -2.68. The lowest BCUT2D eigenvalue weighted by Crippen LogP contribution is -2.13. The number of hydrogen-bond donors (Lipinski definition) is 0.